The summed E-state index contributed by atoms with van der Waals surface area (Å²) >= 11 is 0. The van der Waals surface area contributed by atoms with Crippen molar-refractivity contribution in [2.24, 2.45) is 10.9 Å². The van der Waals surface area contributed by atoms with Crippen molar-refractivity contribution in [1.29, 1.82) is 0 Å². The van der Waals surface area contributed by atoms with Gasteiger partial charge in [0.2, 0.25) is 0 Å². The number of benzene rings is 1. The van der Waals surface area contributed by atoms with Crippen molar-refractivity contribution in [2.75, 3.05) is 39.9 Å². The summed E-state index contributed by atoms with van der Waals surface area (Å²) in [6.07, 6.45) is 3.88. The van der Waals surface area contributed by atoms with Crippen molar-refractivity contribution in [1.82, 2.24) is 15.2 Å². The minimum atomic E-state index is -0.202. The van der Waals surface area contributed by atoms with E-state index in [9.17, 15) is 4.39 Å². The second-order valence-corrected chi connectivity index (χ2v) is 6.55. The average molecular weight is 474 g/mol. The number of nitrogens with one attached hydrogen (secondary N) is 2. The molecule has 0 bridgehead atoms. The Morgan fingerprint density at radius 1 is 1.46 bits per heavy atom. The smallest absolute Gasteiger partial charge is 0.193 e. The summed E-state index contributed by atoms with van der Waals surface area (Å²) in [5, 5.41) is 4.33. The molecule has 1 saturated heterocycles. The number of halogens is 2. The number of ether oxygens (including phenoxy) is 1. The molecule has 5 nitrogen and oxygen atoms in total. The van der Waals surface area contributed by atoms with Gasteiger partial charge in [-0.3, -0.25) is 4.99 Å². The minimum absolute atomic E-state index is 0. The molecule has 0 spiro atoms. The van der Waals surface area contributed by atoms with Gasteiger partial charge in [-0.2, -0.15) is 0 Å². The van der Waals surface area contributed by atoms with E-state index in [1.165, 1.54) is 6.07 Å². The largest absolute Gasteiger partial charge is 0.384 e. The maximum absolute atomic E-state index is 13.5. The van der Waals surface area contributed by atoms with Crippen LogP contribution in [0.15, 0.2) is 29.4 Å². The third kappa shape index (κ3) is 5.09. The lowest BCUT2D eigenvalue weighted by Gasteiger charge is -2.21. The van der Waals surface area contributed by atoms with Gasteiger partial charge in [-0.1, -0.05) is 0 Å². The number of hydrogen-bond donors (Lipinski definition) is 2. The average Bonchev–Trinajstić information content (AvgIpc) is 3.22. The standard InChI is InChI=1S/C19H27FN4O.HI/c1-3-21-19(24-9-7-14(12-24)13-25-2)22-8-6-15-11-23-18-5-4-16(20)10-17(15)18;/h4-5,10-11,14,23H,3,6-9,12-13H2,1-2H3,(H,21,22);1H. The summed E-state index contributed by atoms with van der Waals surface area (Å²) in [6.45, 7) is 6.41. The monoisotopic (exact) mass is 474 g/mol. The summed E-state index contributed by atoms with van der Waals surface area (Å²) in [7, 11) is 1.76. The number of likely N-dealkylation sites (tertiary alicyclic amines) is 1. The van der Waals surface area contributed by atoms with E-state index in [2.05, 4.69) is 22.1 Å². The summed E-state index contributed by atoms with van der Waals surface area (Å²) in [4.78, 5) is 10.3. The van der Waals surface area contributed by atoms with E-state index in [0.717, 1.165) is 61.5 Å². The Labute approximate surface area is 171 Å². The number of nitrogens with zero attached hydrogens (tertiary/aromatic N) is 2. The molecule has 1 aliphatic heterocycles. The second-order valence-electron chi connectivity index (χ2n) is 6.55. The quantitative estimate of drug-likeness (QED) is 0.384. The highest BCUT2D eigenvalue weighted by atomic mass is 127. The van der Waals surface area contributed by atoms with Crippen LogP contribution in [-0.2, 0) is 11.2 Å². The van der Waals surface area contributed by atoms with Gasteiger partial charge < -0.3 is 19.9 Å². The highest BCUT2D eigenvalue weighted by Crippen LogP contribution is 2.20. The van der Waals surface area contributed by atoms with E-state index in [4.69, 9.17) is 9.73 Å². The molecule has 0 radical (unpaired) electrons. The molecule has 1 aliphatic rings. The molecule has 3 rings (SSSR count). The van der Waals surface area contributed by atoms with Crippen LogP contribution in [0.2, 0.25) is 0 Å². The predicted molar refractivity (Wildman–Crippen MR) is 115 cm³/mol. The van der Waals surface area contributed by atoms with E-state index < -0.39 is 0 Å². The highest BCUT2D eigenvalue weighted by Gasteiger charge is 2.24. The van der Waals surface area contributed by atoms with Crippen LogP contribution < -0.4 is 5.32 Å². The molecule has 1 aromatic carbocycles. The molecular formula is C19H28FIN4O. The first-order chi connectivity index (χ1) is 12.2. The summed E-state index contributed by atoms with van der Waals surface area (Å²) in [6, 6.07) is 4.85. The van der Waals surface area contributed by atoms with Crippen LogP contribution >= 0.6 is 24.0 Å². The molecule has 1 atom stereocenters. The van der Waals surface area contributed by atoms with Crippen LogP contribution in [0.25, 0.3) is 10.9 Å². The molecule has 26 heavy (non-hydrogen) atoms. The van der Waals surface area contributed by atoms with Gasteiger partial charge in [0.05, 0.1) is 6.61 Å². The zero-order chi connectivity index (χ0) is 17.6. The molecule has 0 amide bonds. The third-order valence-electron chi connectivity index (χ3n) is 4.69. The molecule has 0 aliphatic carbocycles. The number of fused-ring (bicyclic) bond motifs is 1. The topological polar surface area (TPSA) is 52.7 Å². The number of hydrogen-bond acceptors (Lipinski definition) is 2. The van der Waals surface area contributed by atoms with E-state index in [-0.39, 0.29) is 29.8 Å². The Morgan fingerprint density at radius 3 is 3.08 bits per heavy atom. The first kappa shape index (κ1) is 21.0. The van der Waals surface area contributed by atoms with Crippen LogP contribution in [-0.4, -0.2) is 55.7 Å². The highest BCUT2D eigenvalue weighted by molar-refractivity contribution is 14.0. The van der Waals surface area contributed by atoms with Gasteiger partial charge in [-0.25, -0.2) is 4.39 Å². The van der Waals surface area contributed by atoms with Gasteiger partial charge in [-0.15, -0.1) is 24.0 Å². The lowest BCUT2D eigenvalue weighted by Crippen LogP contribution is -2.40. The zero-order valence-corrected chi connectivity index (χ0v) is 17.8. The van der Waals surface area contributed by atoms with Crippen LogP contribution in [0.3, 0.4) is 0 Å². The van der Waals surface area contributed by atoms with E-state index >= 15 is 0 Å². The summed E-state index contributed by atoms with van der Waals surface area (Å²) < 4.78 is 18.8. The zero-order valence-electron chi connectivity index (χ0n) is 15.4. The minimum Gasteiger partial charge on any atom is -0.384 e. The van der Waals surface area contributed by atoms with Crippen LogP contribution in [0, 0.1) is 11.7 Å². The van der Waals surface area contributed by atoms with Gasteiger partial charge in [-0.05, 0) is 43.5 Å². The van der Waals surface area contributed by atoms with Crippen molar-refractivity contribution < 1.29 is 9.13 Å². The van der Waals surface area contributed by atoms with Crippen molar-refractivity contribution in [3.63, 3.8) is 0 Å². The van der Waals surface area contributed by atoms with Crippen LogP contribution in [0.1, 0.15) is 18.9 Å². The van der Waals surface area contributed by atoms with Crippen molar-refractivity contribution in [2.45, 2.75) is 19.8 Å². The van der Waals surface area contributed by atoms with Crippen molar-refractivity contribution in [3.8, 4) is 0 Å². The molecule has 1 unspecified atom stereocenters. The van der Waals surface area contributed by atoms with Gasteiger partial charge in [0.1, 0.15) is 5.82 Å². The summed E-state index contributed by atoms with van der Waals surface area (Å²) in [5.74, 6) is 1.34. The molecular weight excluding hydrogens is 446 g/mol. The van der Waals surface area contributed by atoms with Crippen molar-refractivity contribution in [3.05, 3.63) is 35.8 Å². The molecule has 7 heteroatoms. The maximum Gasteiger partial charge on any atom is 0.193 e. The molecule has 2 aromatic rings. The lowest BCUT2D eigenvalue weighted by molar-refractivity contribution is 0.157. The van der Waals surface area contributed by atoms with E-state index in [1.54, 1.807) is 19.2 Å². The number of aliphatic imine (C=N–C) groups is 1. The van der Waals surface area contributed by atoms with Crippen LogP contribution in [0.5, 0.6) is 0 Å². The molecule has 2 N–H and O–H groups in total. The van der Waals surface area contributed by atoms with E-state index in [1.807, 2.05) is 6.20 Å². The number of rotatable bonds is 6. The fourth-order valence-corrected chi connectivity index (χ4v) is 3.46. The molecule has 1 aromatic heterocycles. The van der Waals surface area contributed by atoms with Gasteiger partial charge in [0.25, 0.3) is 0 Å². The number of guanidine groups is 1. The Hall–Kier alpha value is -1.35. The SMILES string of the molecule is CCNC(=NCCc1c[nH]c2ccc(F)cc12)N1CCC(COC)C1.I. The fraction of sp³-hybridized carbons (Fsp3) is 0.526. The molecule has 1 fully saturated rings. The Balaban J connectivity index is 0.00000243. The third-order valence-corrected chi connectivity index (χ3v) is 4.69. The maximum atomic E-state index is 13.5. The van der Waals surface area contributed by atoms with Gasteiger partial charge in [0.15, 0.2) is 5.96 Å². The Kier molecular flexibility index (Phi) is 8.15. The number of aromatic nitrogens is 1. The Bertz CT molecular complexity index is 733. The number of aromatic amines is 1. The normalized spacial score (nSPS) is 17.6. The number of methoxy groups -OCH3 is 1. The molecule has 144 valence electrons. The van der Waals surface area contributed by atoms with Crippen LogP contribution in [0.4, 0.5) is 4.39 Å². The predicted octanol–water partition coefficient (Wildman–Crippen LogP) is 3.40. The lowest BCUT2D eigenvalue weighted by atomic mass is 10.1. The second kappa shape index (κ2) is 10.1. The number of H-pyrrole nitrogens is 1. The first-order valence-corrected chi connectivity index (χ1v) is 8.99. The van der Waals surface area contributed by atoms with Gasteiger partial charge in [0, 0.05) is 56.3 Å². The molecule has 2 heterocycles. The van der Waals surface area contributed by atoms with Gasteiger partial charge >= 0.3 is 0 Å². The van der Waals surface area contributed by atoms with Crippen molar-refractivity contribution >= 4 is 40.8 Å². The first-order valence-electron chi connectivity index (χ1n) is 8.99. The van der Waals surface area contributed by atoms with E-state index in [0.29, 0.717) is 12.5 Å². The fourth-order valence-electron chi connectivity index (χ4n) is 3.46. The molecule has 0 saturated carbocycles. The summed E-state index contributed by atoms with van der Waals surface area (Å²) in [5.41, 5.74) is 2.07. The Morgan fingerprint density at radius 2 is 2.31 bits per heavy atom.